The van der Waals surface area contributed by atoms with Gasteiger partial charge in [0.25, 0.3) is 16.5 Å². The highest BCUT2D eigenvalue weighted by Crippen LogP contribution is 2.49. The maximum atomic E-state index is 11.6. The molecule has 2 aromatic carbocycles. The van der Waals surface area contributed by atoms with Crippen molar-refractivity contribution in [2.24, 2.45) is 0 Å². The first-order chi connectivity index (χ1) is 16.7. The van der Waals surface area contributed by atoms with Crippen LogP contribution in [0.5, 0.6) is 0 Å². The predicted octanol–water partition coefficient (Wildman–Crippen LogP) is 2.44. The Balaban J connectivity index is 3.17. The van der Waals surface area contributed by atoms with Gasteiger partial charge in [-0.2, -0.15) is 0 Å². The van der Waals surface area contributed by atoms with Crippen molar-refractivity contribution >= 4 is 45.5 Å². The first-order valence-corrected chi connectivity index (χ1v) is 8.44. The molecule has 0 atom stereocenters. The van der Waals surface area contributed by atoms with Gasteiger partial charge in [0.05, 0.1) is 53.8 Å². The van der Waals surface area contributed by atoms with E-state index in [9.17, 15) is 70.8 Å². The van der Waals surface area contributed by atoms with Crippen LogP contribution in [0.15, 0.2) is 24.3 Å². The summed E-state index contributed by atoms with van der Waals surface area (Å²) >= 11 is 0. The van der Waals surface area contributed by atoms with Crippen LogP contribution in [0.3, 0.4) is 0 Å². The van der Waals surface area contributed by atoms with Crippen molar-refractivity contribution in [1.82, 2.24) is 0 Å². The molecule has 0 aromatic heterocycles. The van der Waals surface area contributed by atoms with Gasteiger partial charge in [0.1, 0.15) is 0 Å². The van der Waals surface area contributed by atoms with Crippen molar-refractivity contribution in [3.63, 3.8) is 0 Å². The number of hydrogen-bond donors (Lipinski definition) is 0. The van der Waals surface area contributed by atoms with E-state index in [-0.39, 0.29) is 29.2 Å². The quantitative estimate of drug-likeness (QED) is 0.236. The van der Waals surface area contributed by atoms with Gasteiger partial charge in [0, 0.05) is 0 Å². The van der Waals surface area contributed by atoms with Crippen LogP contribution in [0.2, 0.25) is 0 Å². The molecule has 0 amide bonds. The zero-order valence-electron chi connectivity index (χ0n) is 16.7. The van der Waals surface area contributed by atoms with Crippen LogP contribution < -0.4 is 4.90 Å². The second-order valence-electron chi connectivity index (χ2n) is 6.12. The third kappa shape index (κ3) is 5.08. The molecule has 2 rings (SSSR count). The highest BCUT2D eigenvalue weighted by molar-refractivity contribution is 5.90. The predicted molar refractivity (Wildman–Crippen MR) is 108 cm³/mol. The number of nitro benzene ring substituents is 6. The van der Waals surface area contributed by atoms with Crippen molar-refractivity contribution in [3.8, 4) is 0 Å². The van der Waals surface area contributed by atoms with Gasteiger partial charge in [-0.25, -0.2) is 0 Å². The zero-order chi connectivity index (χ0) is 27.5. The molecule has 0 aliphatic heterocycles. The highest BCUT2D eigenvalue weighted by atomic mass is 17.0. The molecule has 0 aliphatic carbocycles. The number of hydrogen-bond acceptors (Lipinski definition) is 16. The average Bonchev–Trinajstić information content (AvgIpc) is 2.77. The SMILES string of the molecule is O=[N+]([O-])OCN(c1c([N+](=O)[O-])cc([N+](=O)[O-])cc1[N+](=O)[O-])c1c([N+](=O)[O-])cc([N+](=O)[O-])cc1[N+](=O)[O-]. The van der Waals surface area contributed by atoms with Crippen LogP contribution in [0.25, 0.3) is 0 Å². The molecule has 23 nitrogen and oxygen atoms in total. The van der Waals surface area contributed by atoms with Crippen LogP contribution in [0.4, 0.5) is 45.5 Å². The summed E-state index contributed by atoms with van der Waals surface area (Å²) in [6, 6.07) is 0.574. The van der Waals surface area contributed by atoms with E-state index < -0.39 is 86.9 Å². The summed E-state index contributed by atoms with van der Waals surface area (Å²) in [5, 5.41) is 77.9. The number of benzene rings is 2. The molecule has 0 unspecified atom stereocenters. The fraction of sp³-hybridized carbons (Fsp3) is 0.0769. The minimum atomic E-state index is -1.70. The van der Waals surface area contributed by atoms with E-state index in [0.717, 1.165) is 0 Å². The van der Waals surface area contributed by atoms with Gasteiger partial charge in [0.2, 0.25) is 11.4 Å². The van der Waals surface area contributed by atoms with Crippen molar-refractivity contribution < 1.29 is 39.5 Å². The fourth-order valence-corrected chi connectivity index (χ4v) is 2.85. The summed E-state index contributed by atoms with van der Waals surface area (Å²) in [5.74, 6) is 0. The van der Waals surface area contributed by atoms with Crippen LogP contribution in [0.1, 0.15) is 0 Å². The summed E-state index contributed by atoms with van der Waals surface area (Å²) in [6.07, 6.45) is 0. The topological polar surface area (TPSA) is 314 Å². The molecular weight excluding hydrogens is 508 g/mol. The highest BCUT2D eigenvalue weighted by Gasteiger charge is 2.42. The van der Waals surface area contributed by atoms with Crippen molar-refractivity contribution in [3.05, 3.63) is 95.1 Å². The van der Waals surface area contributed by atoms with E-state index in [1.807, 2.05) is 0 Å². The second-order valence-corrected chi connectivity index (χ2v) is 6.12. The number of rotatable bonds is 11. The molecule has 0 aliphatic rings. The maximum absolute atomic E-state index is 11.6. The molecule has 0 bridgehead atoms. The largest absolute Gasteiger partial charge is 0.306 e. The number of anilines is 2. The van der Waals surface area contributed by atoms with E-state index in [2.05, 4.69) is 4.84 Å². The summed E-state index contributed by atoms with van der Waals surface area (Å²) in [4.78, 5) is 75.0. The minimum Gasteiger partial charge on any atom is -0.294 e. The lowest BCUT2D eigenvalue weighted by atomic mass is 10.1. The Labute approximate surface area is 192 Å². The Morgan fingerprint density at radius 1 is 0.528 bits per heavy atom. The molecule has 36 heavy (non-hydrogen) atoms. The van der Waals surface area contributed by atoms with Crippen LogP contribution >= 0.6 is 0 Å². The number of nitro groups is 6. The van der Waals surface area contributed by atoms with Crippen molar-refractivity contribution in [1.29, 1.82) is 0 Å². The molecule has 0 radical (unpaired) electrons. The van der Waals surface area contributed by atoms with Crippen molar-refractivity contribution in [2.45, 2.75) is 0 Å². The third-order valence-electron chi connectivity index (χ3n) is 4.15. The molecule has 2 aromatic rings. The molecule has 0 spiro atoms. The van der Waals surface area contributed by atoms with Crippen LogP contribution in [-0.4, -0.2) is 41.4 Å². The fourth-order valence-electron chi connectivity index (χ4n) is 2.85. The Morgan fingerprint density at radius 2 is 0.806 bits per heavy atom. The maximum Gasteiger partial charge on any atom is 0.306 e. The van der Waals surface area contributed by atoms with Gasteiger partial charge in [-0.15, -0.1) is 10.1 Å². The first kappa shape index (κ1) is 26.1. The summed E-state index contributed by atoms with van der Waals surface area (Å²) in [5.41, 5.74) is -11.5. The Bertz CT molecular complexity index is 1190. The molecule has 188 valence electrons. The summed E-state index contributed by atoms with van der Waals surface area (Å²) in [7, 11) is 0. The lowest BCUT2D eigenvalue weighted by molar-refractivity contribution is -0.757. The summed E-state index contributed by atoms with van der Waals surface area (Å²) in [6.45, 7) is -1.70. The average molecular weight is 514 g/mol. The van der Waals surface area contributed by atoms with Gasteiger partial charge in [0.15, 0.2) is 6.73 Å². The molecule has 0 heterocycles. The van der Waals surface area contributed by atoms with E-state index in [4.69, 9.17) is 0 Å². The van der Waals surface area contributed by atoms with Gasteiger partial charge < -0.3 is 0 Å². The zero-order valence-corrected chi connectivity index (χ0v) is 16.7. The Morgan fingerprint density at radius 3 is 1.00 bits per heavy atom. The lowest BCUT2D eigenvalue weighted by Crippen LogP contribution is -2.26. The van der Waals surface area contributed by atoms with Gasteiger partial charge in [-0.3, -0.25) is 70.4 Å². The van der Waals surface area contributed by atoms with E-state index in [1.165, 1.54) is 0 Å². The number of nitrogens with zero attached hydrogens (tertiary/aromatic N) is 8. The Kier molecular flexibility index (Phi) is 7.08. The minimum absolute atomic E-state index is 0.108. The van der Waals surface area contributed by atoms with Crippen LogP contribution in [-0.2, 0) is 4.84 Å². The standard InChI is InChI=1S/C13H6N8O15/c22-15(23)6-1-8(17(26)27)12(9(2-6)18(28)29)14(5-36-21(34)35)13-10(19(30)31)3-7(16(24)25)4-11(13)20(32)33/h1-4H,5H2. The van der Waals surface area contributed by atoms with Gasteiger partial charge in [-0.05, 0) is 0 Å². The van der Waals surface area contributed by atoms with Gasteiger partial charge >= 0.3 is 22.7 Å². The Hall–Kier alpha value is -6.16. The van der Waals surface area contributed by atoms with E-state index >= 15 is 0 Å². The van der Waals surface area contributed by atoms with Crippen LogP contribution in [0, 0.1) is 70.8 Å². The first-order valence-electron chi connectivity index (χ1n) is 8.44. The van der Waals surface area contributed by atoms with Crippen molar-refractivity contribution in [2.75, 3.05) is 11.6 Å². The number of non-ortho nitro benzene ring substituents is 2. The molecular formula is C13H6N8O15. The molecule has 0 saturated heterocycles. The molecule has 0 N–H and O–H groups in total. The third-order valence-corrected chi connectivity index (χ3v) is 4.15. The normalized spacial score (nSPS) is 10.2. The summed E-state index contributed by atoms with van der Waals surface area (Å²) < 4.78 is 0. The molecule has 0 fully saturated rings. The lowest BCUT2D eigenvalue weighted by Gasteiger charge is -2.22. The van der Waals surface area contributed by atoms with Gasteiger partial charge in [-0.1, -0.05) is 0 Å². The van der Waals surface area contributed by atoms with E-state index in [0.29, 0.717) is 0 Å². The molecule has 23 heteroatoms. The molecule has 0 saturated carbocycles. The smallest absolute Gasteiger partial charge is 0.294 e. The van der Waals surface area contributed by atoms with E-state index in [1.54, 1.807) is 0 Å². The monoisotopic (exact) mass is 514 g/mol. The second kappa shape index (κ2) is 9.77.